The van der Waals surface area contributed by atoms with Crippen LogP contribution in [0.3, 0.4) is 0 Å². The van der Waals surface area contributed by atoms with Crippen molar-refractivity contribution in [3.8, 4) is 0 Å². The number of aryl methyl sites for hydroxylation is 1. The van der Waals surface area contributed by atoms with Crippen molar-refractivity contribution in [1.82, 2.24) is 10.3 Å². The summed E-state index contributed by atoms with van der Waals surface area (Å²) in [6.45, 7) is 3.09. The van der Waals surface area contributed by atoms with E-state index in [0.717, 1.165) is 16.0 Å². The molecule has 0 aliphatic carbocycles. The third-order valence-electron chi connectivity index (χ3n) is 1.94. The van der Waals surface area contributed by atoms with E-state index in [9.17, 15) is 0 Å². The number of rotatable bonds is 4. The van der Waals surface area contributed by atoms with E-state index < -0.39 is 0 Å². The summed E-state index contributed by atoms with van der Waals surface area (Å²) < 4.78 is 12.4. The molecule has 0 saturated carbocycles. The van der Waals surface area contributed by atoms with E-state index in [4.69, 9.17) is 8.83 Å². The number of aromatic nitrogens is 1. The largest absolute Gasteiger partial charge is 0.452 e. The Morgan fingerprint density at radius 2 is 2.12 bits per heavy atom. The van der Waals surface area contributed by atoms with Crippen molar-refractivity contribution in [2.75, 3.05) is 0 Å². The van der Waals surface area contributed by atoms with Crippen LogP contribution >= 0.6 is 31.9 Å². The molecule has 0 atom stereocenters. The van der Waals surface area contributed by atoms with Gasteiger partial charge in [-0.15, -0.1) is 0 Å². The van der Waals surface area contributed by atoms with Crippen LogP contribution in [-0.2, 0) is 13.1 Å². The SMILES string of the molecule is Cc1cnc(CNCc2cc(Br)c(Br)o2)o1. The molecule has 0 aromatic carbocycles. The minimum absolute atomic E-state index is 0.587. The van der Waals surface area contributed by atoms with Gasteiger partial charge in [-0.2, -0.15) is 0 Å². The summed E-state index contributed by atoms with van der Waals surface area (Å²) in [7, 11) is 0. The van der Waals surface area contributed by atoms with Crippen molar-refractivity contribution < 1.29 is 8.83 Å². The molecule has 0 saturated heterocycles. The van der Waals surface area contributed by atoms with Crippen molar-refractivity contribution in [2.24, 2.45) is 0 Å². The van der Waals surface area contributed by atoms with Crippen molar-refractivity contribution in [3.63, 3.8) is 0 Å². The smallest absolute Gasteiger partial charge is 0.208 e. The number of nitrogens with zero attached hydrogens (tertiary/aromatic N) is 1. The zero-order valence-corrected chi connectivity index (χ0v) is 11.8. The van der Waals surface area contributed by atoms with Gasteiger partial charge in [0.25, 0.3) is 0 Å². The van der Waals surface area contributed by atoms with Gasteiger partial charge in [-0.3, -0.25) is 0 Å². The Hall–Kier alpha value is -0.590. The van der Waals surface area contributed by atoms with Crippen LogP contribution < -0.4 is 5.32 Å². The molecule has 4 nitrogen and oxygen atoms in total. The lowest BCUT2D eigenvalue weighted by Crippen LogP contribution is -2.12. The Balaban J connectivity index is 1.84. The maximum atomic E-state index is 5.41. The van der Waals surface area contributed by atoms with E-state index >= 15 is 0 Å². The molecule has 2 aromatic heterocycles. The number of hydrogen-bond acceptors (Lipinski definition) is 4. The topological polar surface area (TPSA) is 51.2 Å². The molecule has 0 bridgehead atoms. The maximum absolute atomic E-state index is 5.41. The van der Waals surface area contributed by atoms with E-state index in [-0.39, 0.29) is 0 Å². The van der Waals surface area contributed by atoms with Crippen LogP contribution in [0, 0.1) is 6.92 Å². The molecular weight excluding hydrogens is 340 g/mol. The first-order valence-electron chi connectivity index (χ1n) is 4.71. The van der Waals surface area contributed by atoms with Gasteiger partial charge in [0.05, 0.1) is 23.8 Å². The number of nitrogens with one attached hydrogen (secondary N) is 1. The van der Waals surface area contributed by atoms with Gasteiger partial charge in [0.15, 0.2) is 4.67 Å². The molecule has 0 aliphatic rings. The Kier molecular flexibility index (Phi) is 3.83. The highest BCUT2D eigenvalue weighted by atomic mass is 79.9. The van der Waals surface area contributed by atoms with Gasteiger partial charge >= 0.3 is 0 Å². The molecule has 2 heterocycles. The van der Waals surface area contributed by atoms with Crippen LogP contribution in [0.2, 0.25) is 0 Å². The maximum Gasteiger partial charge on any atom is 0.208 e. The first-order valence-corrected chi connectivity index (χ1v) is 6.29. The van der Waals surface area contributed by atoms with E-state index in [1.165, 1.54) is 0 Å². The minimum atomic E-state index is 0.587. The van der Waals surface area contributed by atoms with Crippen molar-refractivity contribution in [2.45, 2.75) is 20.0 Å². The van der Waals surface area contributed by atoms with E-state index in [1.54, 1.807) is 6.20 Å². The Morgan fingerprint density at radius 1 is 1.31 bits per heavy atom. The first-order chi connectivity index (χ1) is 7.65. The highest BCUT2D eigenvalue weighted by Gasteiger charge is 2.06. The van der Waals surface area contributed by atoms with E-state index in [1.807, 2.05) is 13.0 Å². The zero-order valence-electron chi connectivity index (χ0n) is 8.59. The Morgan fingerprint density at radius 3 is 2.69 bits per heavy atom. The standard InChI is InChI=1S/C10H10Br2N2O2/c1-6-3-14-9(15-6)5-13-4-7-2-8(11)10(12)16-7/h2-3,13H,4-5H2,1H3. The fraction of sp³-hybridized carbons (Fsp3) is 0.300. The highest BCUT2D eigenvalue weighted by molar-refractivity contribution is 9.13. The monoisotopic (exact) mass is 348 g/mol. The van der Waals surface area contributed by atoms with Crippen LogP contribution in [-0.4, -0.2) is 4.98 Å². The highest BCUT2D eigenvalue weighted by Crippen LogP contribution is 2.26. The molecule has 0 spiro atoms. The summed E-state index contributed by atoms with van der Waals surface area (Å²) in [5.74, 6) is 2.35. The Labute approximate surface area is 110 Å². The molecule has 0 unspecified atom stereocenters. The summed E-state index contributed by atoms with van der Waals surface area (Å²) in [6, 6.07) is 1.91. The predicted octanol–water partition coefficient (Wildman–Crippen LogP) is 3.39. The zero-order chi connectivity index (χ0) is 11.5. The molecule has 16 heavy (non-hydrogen) atoms. The first kappa shape index (κ1) is 11.9. The molecule has 1 N–H and O–H groups in total. The second-order valence-corrected chi connectivity index (χ2v) is 4.88. The van der Waals surface area contributed by atoms with Crippen molar-refractivity contribution >= 4 is 31.9 Å². The third kappa shape index (κ3) is 2.96. The average Bonchev–Trinajstić information content (AvgIpc) is 2.75. The summed E-state index contributed by atoms with van der Waals surface area (Å²) in [6.07, 6.45) is 1.71. The molecule has 2 aromatic rings. The molecular formula is C10H10Br2N2O2. The van der Waals surface area contributed by atoms with Crippen LogP contribution in [0.1, 0.15) is 17.4 Å². The summed E-state index contributed by atoms with van der Waals surface area (Å²) >= 11 is 6.64. The van der Waals surface area contributed by atoms with Gasteiger partial charge in [0, 0.05) is 0 Å². The minimum Gasteiger partial charge on any atom is -0.452 e. The molecule has 0 aliphatic heterocycles. The van der Waals surface area contributed by atoms with Gasteiger partial charge in [-0.1, -0.05) is 0 Å². The quantitative estimate of drug-likeness (QED) is 0.919. The molecule has 2 rings (SSSR count). The van der Waals surface area contributed by atoms with Crippen molar-refractivity contribution in [3.05, 3.63) is 38.8 Å². The lowest BCUT2D eigenvalue weighted by Gasteiger charge is -1.98. The fourth-order valence-corrected chi connectivity index (χ4v) is 1.91. The summed E-state index contributed by atoms with van der Waals surface area (Å²) in [5.41, 5.74) is 0. The van der Waals surface area contributed by atoms with E-state index in [2.05, 4.69) is 42.2 Å². The number of hydrogen-bond donors (Lipinski definition) is 1. The second kappa shape index (κ2) is 5.16. The third-order valence-corrected chi connectivity index (χ3v) is 3.65. The second-order valence-electron chi connectivity index (χ2n) is 3.30. The van der Waals surface area contributed by atoms with Crippen LogP contribution in [0.25, 0.3) is 0 Å². The molecule has 0 fully saturated rings. The molecule has 0 radical (unpaired) electrons. The number of furan rings is 1. The molecule has 6 heteroatoms. The lowest BCUT2D eigenvalue weighted by molar-refractivity contribution is 0.426. The average molecular weight is 350 g/mol. The summed E-state index contributed by atoms with van der Waals surface area (Å²) in [4.78, 5) is 4.09. The van der Waals surface area contributed by atoms with Gasteiger partial charge < -0.3 is 14.2 Å². The molecule has 86 valence electrons. The number of oxazole rings is 1. The summed E-state index contributed by atoms with van der Waals surface area (Å²) in [5, 5.41) is 3.18. The van der Waals surface area contributed by atoms with Gasteiger partial charge in [-0.25, -0.2) is 4.98 Å². The van der Waals surface area contributed by atoms with Gasteiger partial charge in [0.2, 0.25) is 5.89 Å². The number of halogens is 2. The Bertz CT molecular complexity index is 459. The van der Waals surface area contributed by atoms with Crippen LogP contribution in [0.5, 0.6) is 0 Å². The van der Waals surface area contributed by atoms with Crippen molar-refractivity contribution in [1.29, 1.82) is 0 Å². The van der Waals surface area contributed by atoms with Crippen LogP contribution in [0.4, 0.5) is 0 Å². The molecule has 0 amide bonds. The predicted molar refractivity (Wildman–Crippen MR) is 65.9 cm³/mol. The van der Waals surface area contributed by atoms with Crippen LogP contribution in [0.15, 0.2) is 30.2 Å². The normalized spacial score (nSPS) is 10.9. The van der Waals surface area contributed by atoms with Gasteiger partial charge in [0.1, 0.15) is 11.5 Å². The fourth-order valence-electron chi connectivity index (χ4n) is 1.25. The van der Waals surface area contributed by atoms with E-state index in [0.29, 0.717) is 23.6 Å². The van der Waals surface area contributed by atoms with Gasteiger partial charge in [-0.05, 0) is 44.8 Å². The lowest BCUT2D eigenvalue weighted by atomic mass is 10.4.